The van der Waals surface area contributed by atoms with Gasteiger partial charge in [0.15, 0.2) is 0 Å². The monoisotopic (exact) mass is 315 g/mol. The zero-order chi connectivity index (χ0) is 16.3. The van der Waals surface area contributed by atoms with Gasteiger partial charge in [-0.15, -0.1) is 0 Å². The third-order valence-corrected chi connectivity index (χ3v) is 4.94. The minimum Gasteiger partial charge on any atom is -0.343 e. The summed E-state index contributed by atoms with van der Waals surface area (Å²) in [5, 5.41) is 7.08. The molecule has 0 radical (unpaired) electrons. The number of aryl methyl sites for hydroxylation is 1. The zero-order valence-corrected chi connectivity index (χ0v) is 13.4. The summed E-state index contributed by atoms with van der Waals surface area (Å²) in [4.78, 5) is 14.3. The van der Waals surface area contributed by atoms with E-state index in [1.54, 1.807) is 24.4 Å². The summed E-state index contributed by atoms with van der Waals surface area (Å²) in [5.74, 6) is -0.120. The summed E-state index contributed by atoms with van der Waals surface area (Å²) in [7, 11) is 0. The van der Waals surface area contributed by atoms with Crippen LogP contribution in [0.15, 0.2) is 36.5 Å². The minimum atomic E-state index is -0.231. The van der Waals surface area contributed by atoms with Crippen LogP contribution < -0.4 is 0 Å². The summed E-state index contributed by atoms with van der Waals surface area (Å²) in [6.45, 7) is 3.69. The van der Waals surface area contributed by atoms with Gasteiger partial charge in [-0.05, 0) is 37.0 Å². The maximum Gasteiger partial charge on any atom is 0.222 e. The standard InChI is InChI=1S/C18H22FN3O/c1-18(16-8-11-20-21-16)9-12-22(13-10-18)17(23)7-6-14-4-2-3-5-15(14)19/h2-5,8,11H,6-7,9-10,12-13H2,1H3,(H,20,21). The SMILES string of the molecule is CC1(c2ccn[nH]2)CCN(C(=O)CCc2ccccc2F)CC1. The van der Waals surface area contributed by atoms with Crippen LogP contribution in [0, 0.1) is 5.82 Å². The van der Waals surface area contributed by atoms with Gasteiger partial charge in [-0.3, -0.25) is 9.89 Å². The van der Waals surface area contributed by atoms with Gasteiger partial charge in [-0.25, -0.2) is 4.39 Å². The molecule has 0 aliphatic carbocycles. The fourth-order valence-corrected chi connectivity index (χ4v) is 3.21. The number of hydrogen-bond donors (Lipinski definition) is 1. The zero-order valence-electron chi connectivity index (χ0n) is 13.4. The Kier molecular flexibility index (Phi) is 4.46. The Balaban J connectivity index is 1.53. The molecule has 0 unspecified atom stereocenters. The molecular formula is C18H22FN3O. The normalized spacial score (nSPS) is 17.2. The second-order valence-electron chi connectivity index (χ2n) is 6.50. The Bertz CT molecular complexity index is 661. The number of benzene rings is 1. The number of carbonyl (C=O) groups excluding carboxylic acids is 1. The summed E-state index contributed by atoms with van der Waals surface area (Å²) in [6, 6.07) is 8.67. The lowest BCUT2D eigenvalue weighted by atomic mass is 9.77. The topological polar surface area (TPSA) is 49.0 Å². The Hall–Kier alpha value is -2.17. The summed E-state index contributed by atoms with van der Waals surface area (Å²) in [6.07, 6.45) is 4.43. The van der Waals surface area contributed by atoms with Crippen molar-refractivity contribution in [2.24, 2.45) is 0 Å². The highest BCUT2D eigenvalue weighted by Crippen LogP contribution is 2.33. The molecule has 2 heterocycles. The average molecular weight is 315 g/mol. The van der Waals surface area contributed by atoms with Gasteiger partial charge in [0.2, 0.25) is 5.91 Å². The van der Waals surface area contributed by atoms with Crippen LogP contribution in [0.25, 0.3) is 0 Å². The number of likely N-dealkylation sites (tertiary alicyclic amines) is 1. The minimum absolute atomic E-state index is 0.0544. The molecule has 1 aliphatic heterocycles. The highest BCUT2D eigenvalue weighted by Gasteiger charge is 2.34. The smallest absolute Gasteiger partial charge is 0.222 e. The van der Waals surface area contributed by atoms with Crippen molar-refractivity contribution in [1.29, 1.82) is 0 Å². The van der Waals surface area contributed by atoms with E-state index in [0.717, 1.165) is 31.6 Å². The van der Waals surface area contributed by atoms with Gasteiger partial charge in [0, 0.05) is 36.8 Å². The van der Waals surface area contributed by atoms with Gasteiger partial charge in [-0.2, -0.15) is 5.10 Å². The first-order chi connectivity index (χ1) is 11.1. The molecule has 4 nitrogen and oxygen atoms in total. The van der Waals surface area contributed by atoms with Gasteiger partial charge in [0.25, 0.3) is 0 Å². The van der Waals surface area contributed by atoms with Gasteiger partial charge in [0.05, 0.1) is 0 Å². The Morgan fingerprint density at radius 3 is 2.70 bits per heavy atom. The number of carbonyl (C=O) groups is 1. The number of rotatable bonds is 4. The second-order valence-corrected chi connectivity index (χ2v) is 6.50. The Morgan fingerprint density at radius 1 is 1.30 bits per heavy atom. The van der Waals surface area contributed by atoms with Crippen LogP contribution in [-0.4, -0.2) is 34.1 Å². The molecule has 2 aromatic rings. The molecule has 3 rings (SSSR count). The molecule has 1 N–H and O–H groups in total. The fourth-order valence-electron chi connectivity index (χ4n) is 3.21. The van der Waals surface area contributed by atoms with Crippen LogP contribution in [0.1, 0.15) is 37.4 Å². The molecular weight excluding hydrogens is 293 g/mol. The molecule has 1 aromatic carbocycles. The molecule has 0 bridgehead atoms. The highest BCUT2D eigenvalue weighted by atomic mass is 19.1. The van der Waals surface area contributed by atoms with E-state index >= 15 is 0 Å². The molecule has 122 valence electrons. The average Bonchev–Trinajstić information content (AvgIpc) is 3.10. The van der Waals surface area contributed by atoms with Crippen LogP contribution in [0.2, 0.25) is 0 Å². The predicted octanol–water partition coefficient (Wildman–Crippen LogP) is 3.06. The van der Waals surface area contributed by atoms with Crippen LogP contribution in [0.5, 0.6) is 0 Å². The number of nitrogens with zero attached hydrogens (tertiary/aromatic N) is 2. The molecule has 0 spiro atoms. The van der Waals surface area contributed by atoms with Crippen molar-refractivity contribution in [3.05, 3.63) is 53.6 Å². The lowest BCUT2D eigenvalue weighted by Crippen LogP contribution is -2.44. The molecule has 0 atom stereocenters. The van der Waals surface area contributed by atoms with E-state index in [4.69, 9.17) is 0 Å². The fraction of sp³-hybridized carbons (Fsp3) is 0.444. The molecule has 1 aliphatic rings. The van der Waals surface area contributed by atoms with Crippen molar-refractivity contribution >= 4 is 5.91 Å². The van der Waals surface area contributed by atoms with Crippen LogP contribution in [0.3, 0.4) is 0 Å². The molecule has 5 heteroatoms. The van der Waals surface area contributed by atoms with Crippen molar-refractivity contribution < 1.29 is 9.18 Å². The van der Waals surface area contributed by atoms with Gasteiger partial charge in [0.1, 0.15) is 5.82 Å². The molecule has 1 amide bonds. The first-order valence-electron chi connectivity index (χ1n) is 8.09. The van der Waals surface area contributed by atoms with E-state index in [-0.39, 0.29) is 17.1 Å². The van der Waals surface area contributed by atoms with Gasteiger partial charge >= 0.3 is 0 Å². The lowest BCUT2D eigenvalue weighted by Gasteiger charge is -2.38. The van der Waals surface area contributed by atoms with E-state index in [0.29, 0.717) is 18.4 Å². The lowest BCUT2D eigenvalue weighted by molar-refractivity contribution is -0.132. The molecule has 1 aromatic heterocycles. The highest BCUT2D eigenvalue weighted by molar-refractivity contribution is 5.76. The van der Waals surface area contributed by atoms with Crippen LogP contribution in [0.4, 0.5) is 4.39 Å². The maximum atomic E-state index is 13.6. The Labute approximate surface area is 135 Å². The number of nitrogens with one attached hydrogen (secondary N) is 1. The van der Waals surface area contributed by atoms with Crippen molar-refractivity contribution in [3.63, 3.8) is 0 Å². The van der Waals surface area contributed by atoms with Gasteiger partial charge < -0.3 is 4.90 Å². The quantitative estimate of drug-likeness (QED) is 0.942. The largest absolute Gasteiger partial charge is 0.343 e. The number of aromatic nitrogens is 2. The first-order valence-corrected chi connectivity index (χ1v) is 8.09. The van der Waals surface area contributed by atoms with E-state index in [1.807, 2.05) is 11.0 Å². The number of halogens is 1. The third-order valence-electron chi connectivity index (χ3n) is 4.94. The van der Waals surface area contributed by atoms with Crippen molar-refractivity contribution in [3.8, 4) is 0 Å². The molecule has 23 heavy (non-hydrogen) atoms. The maximum absolute atomic E-state index is 13.6. The number of piperidine rings is 1. The molecule has 1 saturated heterocycles. The van der Waals surface area contributed by atoms with E-state index in [9.17, 15) is 9.18 Å². The summed E-state index contributed by atoms with van der Waals surface area (Å²) < 4.78 is 13.6. The van der Waals surface area contributed by atoms with E-state index < -0.39 is 0 Å². The second kappa shape index (κ2) is 6.52. The predicted molar refractivity (Wildman–Crippen MR) is 86.5 cm³/mol. The number of aromatic amines is 1. The van der Waals surface area contributed by atoms with Crippen molar-refractivity contribution in [1.82, 2.24) is 15.1 Å². The summed E-state index contributed by atoms with van der Waals surface area (Å²) >= 11 is 0. The molecule has 1 fully saturated rings. The number of hydrogen-bond acceptors (Lipinski definition) is 2. The number of H-pyrrole nitrogens is 1. The van der Waals surface area contributed by atoms with Gasteiger partial charge in [-0.1, -0.05) is 25.1 Å². The Morgan fingerprint density at radius 2 is 2.04 bits per heavy atom. The van der Waals surface area contributed by atoms with Crippen molar-refractivity contribution in [2.75, 3.05) is 13.1 Å². The third kappa shape index (κ3) is 3.44. The van der Waals surface area contributed by atoms with Crippen molar-refractivity contribution in [2.45, 2.75) is 38.0 Å². The summed E-state index contributed by atoms with van der Waals surface area (Å²) in [5.41, 5.74) is 1.80. The van der Waals surface area contributed by atoms with E-state index in [1.165, 1.54) is 6.07 Å². The van der Waals surface area contributed by atoms with E-state index in [2.05, 4.69) is 17.1 Å². The molecule has 0 saturated carbocycles. The van der Waals surface area contributed by atoms with Crippen LogP contribution >= 0.6 is 0 Å². The first kappa shape index (κ1) is 15.7. The number of amides is 1. The van der Waals surface area contributed by atoms with Crippen LogP contribution in [-0.2, 0) is 16.6 Å².